The van der Waals surface area contributed by atoms with Crippen LogP contribution in [0.5, 0.6) is 0 Å². The van der Waals surface area contributed by atoms with Crippen LogP contribution >= 0.6 is 0 Å². The number of allylic oxidation sites excluding steroid dienone is 2. The number of nitrogens with zero attached hydrogens (tertiary/aromatic N) is 2. The Balaban J connectivity index is 2.39. The zero-order valence-electron chi connectivity index (χ0n) is 7.72. The van der Waals surface area contributed by atoms with Crippen molar-refractivity contribution in [2.45, 2.75) is 5.54 Å². The zero-order valence-corrected chi connectivity index (χ0v) is 7.72. The summed E-state index contributed by atoms with van der Waals surface area (Å²) in [6.07, 6.45) is 12.8. The van der Waals surface area contributed by atoms with Gasteiger partial charge >= 0.3 is 0 Å². The molecule has 1 atom stereocenters. The van der Waals surface area contributed by atoms with E-state index in [0.29, 0.717) is 6.54 Å². The van der Waals surface area contributed by atoms with Crippen LogP contribution in [0.3, 0.4) is 0 Å². The molecule has 72 valence electrons. The van der Waals surface area contributed by atoms with Crippen molar-refractivity contribution in [3.63, 3.8) is 0 Å². The molecule has 0 amide bonds. The smallest absolute Gasteiger partial charge is 0.112 e. The molecule has 2 heterocycles. The summed E-state index contributed by atoms with van der Waals surface area (Å²) in [5.74, 6) is 0. The molecule has 0 spiro atoms. The largest absolute Gasteiger partial charge is 0.376 e. The molecule has 1 aromatic rings. The minimum atomic E-state index is -0.400. The maximum Gasteiger partial charge on any atom is 0.112 e. The van der Waals surface area contributed by atoms with E-state index in [-0.39, 0.29) is 0 Å². The highest BCUT2D eigenvalue weighted by atomic mass is 15.0. The Bertz CT molecular complexity index is 358. The molecule has 1 aromatic heterocycles. The SMILES string of the molecule is NCC1(c2cnccn2)C=CC=CN1. The second-order valence-electron chi connectivity index (χ2n) is 3.13. The van der Waals surface area contributed by atoms with E-state index in [1.807, 2.05) is 24.4 Å². The van der Waals surface area contributed by atoms with Gasteiger partial charge in [0.05, 0.1) is 11.9 Å². The highest BCUT2D eigenvalue weighted by Gasteiger charge is 2.28. The van der Waals surface area contributed by atoms with Crippen LogP contribution in [0, 0.1) is 0 Å². The Hall–Kier alpha value is -1.68. The lowest BCUT2D eigenvalue weighted by atomic mass is 9.93. The van der Waals surface area contributed by atoms with Crippen molar-refractivity contribution in [2.24, 2.45) is 5.73 Å². The molecule has 0 saturated carbocycles. The van der Waals surface area contributed by atoms with Crippen molar-refractivity contribution in [1.82, 2.24) is 15.3 Å². The van der Waals surface area contributed by atoms with Crippen molar-refractivity contribution < 1.29 is 0 Å². The van der Waals surface area contributed by atoms with E-state index in [1.165, 1.54) is 0 Å². The van der Waals surface area contributed by atoms with Gasteiger partial charge < -0.3 is 11.1 Å². The average Bonchev–Trinajstić information content (AvgIpc) is 2.31. The van der Waals surface area contributed by atoms with Gasteiger partial charge in [0.2, 0.25) is 0 Å². The number of nitrogens with one attached hydrogen (secondary N) is 1. The molecule has 1 aliphatic rings. The number of hydrogen-bond acceptors (Lipinski definition) is 4. The normalized spacial score (nSPS) is 24.6. The molecule has 2 rings (SSSR count). The Kier molecular flexibility index (Phi) is 2.28. The summed E-state index contributed by atoms with van der Waals surface area (Å²) in [6.45, 7) is 0.451. The molecule has 14 heavy (non-hydrogen) atoms. The lowest BCUT2D eigenvalue weighted by Gasteiger charge is -2.30. The van der Waals surface area contributed by atoms with Crippen LogP contribution in [0.2, 0.25) is 0 Å². The van der Waals surface area contributed by atoms with Crippen molar-refractivity contribution in [3.05, 3.63) is 48.7 Å². The van der Waals surface area contributed by atoms with Gasteiger partial charge in [0.1, 0.15) is 5.54 Å². The molecule has 0 fully saturated rings. The predicted octanol–water partition coefficient (Wildman–Crippen LogP) is 0.304. The van der Waals surface area contributed by atoms with Crippen LogP contribution < -0.4 is 11.1 Å². The van der Waals surface area contributed by atoms with E-state index < -0.39 is 5.54 Å². The molecule has 4 nitrogen and oxygen atoms in total. The molecule has 0 saturated heterocycles. The van der Waals surface area contributed by atoms with Crippen LogP contribution in [0.4, 0.5) is 0 Å². The standard InChI is InChI=1S/C10H12N4/c11-8-10(3-1-2-4-14-10)9-7-12-5-6-13-9/h1-7,14H,8,11H2. The first-order valence-electron chi connectivity index (χ1n) is 4.46. The maximum absolute atomic E-state index is 5.75. The average molecular weight is 188 g/mol. The summed E-state index contributed by atoms with van der Waals surface area (Å²) >= 11 is 0. The van der Waals surface area contributed by atoms with Gasteiger partial charge in [-0.1, -0.05) is 12.2 Å². The highest BCUT2D eigenvalue weighted by Crippen LogP contribution is 2.20. The molecule has 1 unspecified atom stereocenters. The summed E-state index contributed by atoms with van der Waals surface area (Å²) in [4.78, 5) is 8.29. The van der Waals surface area contributed by atoms with Crippen molar-refractivity contribution in [1.29, 1.82) is 0 Å². The van der Waals surface area contributed by atoms with E-state index in [9.17, 15) is 0 Å². The minimum Gasteiger partial charge on any atom is -0.376 e. The Labute approximate surface area is 82.6 Å². The predicted molar refractivity (Wildman–Crippen MR) is 54.2 cm³/mol. The van der Waals surface area contributed by atoms with Crippen LogP contribution in [0.15, 0.2) is 43.0 Å². The van der Waals surface area contributed by atoms with Crippen LogP contribution in [-0.4, -0.2) is 16.5 Å². The topological polar surface area (TPSA) is 63.8 Å². The third-order valence-electron chi connectivity index (χ3n) is 2.27. The van der Waals surface area contributed by atoms with E-state index >= 15 is 0 Å². The van der Waals surface area contributed by atoms with Crippen molar-refractivity contribution >= 4 is 0 Å². The summed E-state index contributed by atoms with van der Waals surface area (Å²) in [7, 11) is 0. The molecule has 1 aliphatic heterocycles. The number of hydrogen-bond donors (Lipinski definition) is 2. The van der Waals surface area contributed by atoms with Gasteiger partial charge in [0, 0.05) is 18.9 Å². The van der Waals surface area contributed by atoms with Gasteiger partial charge in [-0.2, -0.15) is 0 Å². The molecule has 0 aromatic carbocycles. The fourth-order valence-electron chi connectivity index (χ4n) is 1.44. The lowest BCUT2D eigenvalue weighted by Crippen LogP contribution is -2.45. The number of aromatic nitrogens is 2. The van der Waals surface area contributed by atoms with Gasteiger partial charge in [-0.25, -0.2) is 0 Å². The molecule has 3 N–H and O–H groups in total. The molecule has 0 radical (unpaired) electrons. The summed E-state index contributed by atoms with van der Waals surface area (Å²) < 4.78 is 0. The van der Waals surface area contributed by atoms with Crippen LogP contribution in [0.1, 0.15) is 5.69 Å². The van der Waals surface area contributed by atoms with Crippen LogP contribution in [0.25, 0.3) is 0 Å². The first-order valence-corrected chi connectivity index (χ1v) is 4.46. The second-order valence-corrected chi connectivity index (χ2v) is 3.13. The first kappa shape index (κ1) is 8.90. The Morgan fingerprint density at radius 1 is 1.36 bits per heavy atom. The van der Waals surface area contributed by atoms with Gasteiger partial charge in [-0.05, 0) is 12.3 Å². The summed E-state index contributed by atoms with van der Waals surface area (Å²) in [6, 6.07) is 0. The van der Waals surface area contributed by atoms with Gasteiger partial charge in [-0.15, -0.1) is 0 Å². The molecule has 4 heteroatoms. The maximum atomic E-state index is 5.75. The zero-order chi connectivity index (χ0) is 9.86. The Morgan fingerprint density at radius 3 is 2.86 bits per heavy atom. The van der Waals surface area contributed by atoms with Gasteiger partial charge in [-0.3, -0.25) is 9.97 Å². The third kappa shape index (κ3) is 1.40. The minimum absolute atomic E-state index is 0.400. The van der Waals surface area contributed by atoms with E-state index in [0.717, 1.165) is 5.69 Å². The van der Waals surface area contributed by atoms with Crippen molar-refractivity contribution in [2.75, 3.05) is 6.54 Å². The Morgan fingerprint density at radius 2 is 2.29 bits per heavy atom. The van der Waals surface area contributed by atoms with E-state index in [2.05, 4.69) is 15.3 Å². The number of dihydropyridines is 1. The second kappa shape index (κ2) is 3.59. The first-order chi connectivity index (χ1) is 6.87. The van der Waals surface area contributed by atoms with Gasteiger partial charge in [0.15, 0.2) is 0 Å². The number of nitrogens with two attached hydrogens (primary N) is 1. The monoisotopic (exact) mass is 188 g/mol. The third-order valence-corrected chi connectivity index (χ3v) is 2.27. The number of rotatable bonds is 2. The summed E-state index contributed by atoms with van der Waals surface area (Å²) in [5.41, 5.74) is 6.19. The fraction of sp³-hybridized carbons (Fsp3) is 0.200. The molecule has 0 aliphatic carbocycles. The quantitative estimate of drug-likeness (QED) is 0.700. The van der Waals surface area contributed by atoms with Gasteiger partial charge in [0.25, 0.3) is 0 Å². The molecular formula is C10H12N4. The molecular weight excluding hydrogens is 176 g/mol. The van der Waals surface area contributed by atoms with Crippen molar-refractivity contribution in [3.8, 4) is 0 Å². The van der Waals surface area contributed by atoms with Crippen LogP contribution in [-0.2, 0) is 5.54 Å². The van der Waals surface area contributed by atoms with E-state index in [1.54, 1.807) is 18.6 Å². The lowest BCUT2D eigenvalue weighted by molar-refractivity contribution is 0.468. The fourth-order valence-corrected chi connectivity index (χ4v) is 1.44. The molecule has 0 bridgehead atoms. The summed E-state index contributed by atoms with van der Waals surface area (Å²) in [5, 5.41) is 3.20. The van der Waals surface area contributed by atoms with E-state index in [4.69, 9.17) is 5.73 Å². The highest BCUT2D eigenvalue weighted by molar-refractivity contribution is 5.28.